The number of hydrogen-bond acceptors (Lipinski definition) is 2. The number of allylic oxidation sites excluding steroid dienone is 2. The van der Waals surface area contributed by atoms with Crippen molar-refractivity contribution in [2.75, 3.05) is 4.90 Å². The third-order valence-electron chi connectivity index (χ3n) is 5.02. The van der Waals surface area contributed by atoms with E-state index in [9.17, 15) is 9.59 Å². The molecule has 0 radical (unpaired) electrons. The number of anilines is 1. The molecule has 132 valence electrons. The molecule has 1 atom stereocenters. The summed E-state index contributed by atoms with van der Waals surface area (Å²) in [7, 11) is 0. The Kier molecular flexibility index (Phi) is 4.60. The summed E-state index contributed by atoms with van der Waals surface area (Å²) in [5, 5.41) is 1.11. The summed E-state index contributed by atoms with van der Waals surface area (Å²) < 4.78 is 0. The Morgan fingerprint density at radius 3 is 2.54 bits per heavy atom. The minimum atomic E-state index is -0.247. The molecule has 2 aromatic rings. The molecular formula is C21H17Cl2NO2. The van der Waals surface area contributed by atoms with Crippen molar-refractivity contribution < 1.29 is 9.59 Å². The van der Waals surface area contributed by atoms with Gasteiger partial charge >= 0.3 is 0 Å². The van der Waals surface area contributed by atoms with E-state index in [1.807, 2.05) is 36.4 Å². The number of amides is 1. The van der Waals surface area contributed by atoms with Crippen molar-refractivity contribution in [3.05, 3.63) is 75.4 Å². The van der Waals surface area contributed by atoms with Gasteiger partial charge in [-0.05, 0) is 42.7 Å². The lowest BCUT2D eigenvalue weighted by molar-refractivity contribution is -0.119. The van der Waals surface area contributed by atoms with Gasteiger partial charge in [0.05, 0.1) is 10.7 Å². The average molecular weight is 386 g/mol. The van der Waals surface area contributed by atoms with E-state index in [-0.39, 0.29) is 24.0 Å². The van der Waals surface area contributed by atoms with Gasteiger partial charge < -0.3 is 0 Å². The molecule has 0 bridgehead atoms. The van der Waals surface area contributed by atoms with Crippen LogP contribution in [0.4, 0.5) is 5.69 Å². The monoisotopic (exact) mass is 385 g/mol. The molecule has 26 heavy (non-hydrogen) atoms. The van der Waals surface area contributed by atoms with Crippen LogP contribution in [0.1, 0.15) is 37.2 Å². The molecule has 1 aliphatic carbocycles. The van der Waals surface area contributed by atoms with Gasteiger partial charge in [0.25, 0.3) is 0 Å². The number of benzene rings is 2. The van der Waals surface area contributed by atoms with E-state index >= 15 is 0 Å². The number of para-hydroxylation sites is 1. The van der Waals surface area contributed by atoms with Crippen LogP contribution in [0, 0.1) is 0 Å². The van der Waals surface area contributed by atoms with Gasteiger partial charge in [-0.3, -0.25) is 14.5 Å². The molecule has 0 aromatic heterocycles. The molecule has 0 saturated heterocycles. The Morgan fingerprint density at radius 1 is 0.962 bits per heavy atom. The summed E-state index contributed by atoms with van der Waals surface area (Å²) in [5.74, 6) is -0.181. The first-order valence-electron chi connectivity index (χ1n) is 8.65. The Bertz CT molecular complexity index is 935. The predicted octanol–water partition coefficient (Wildman–Crippen LogP) is 5.52. The highest BCUT2D eigenvalue weighted by atomic mass is 35.5. The van der Waals surface area contributed by atoms with Crippen LogP contribution in [0.15, 0.2) is 59.8 Å². The molecule has 3 nitrogen and oxygen atoms in total. The quantitative estimate of drug-likeness (QED) is 0.682. The Morgan fingerprint density at radius 2 is 1.77 bits per heavy atom. The molecule has 1 aliphatic heterocycles. The van der Waals surface area contributed by atoms with Crippen LogP contribution in [0.5, 0.6) is 0 Å². The van der Waals surface area contributed by atoms with Crippen LogP contribution >= 0.6 is 23.2 Å². The van der Waals surface area contributed by atoms with Gasteiger partial charge in [-0.15, -0.1) is 0 Å². The van der Waals surface area contributed by atoms with Crippen LogP contribution in [0.25, 0.3) is 0 Å². The molecule has 1 heterocycles. The topological polar surface area (TPSA) is 37.4 Å². The zero-order chi connectivity index (χ0) is 18.3. The Balaban J connectivity index is 1.89. The Labute approximate surface area is 162 Å². The van der Waals surface area contributed by atoms with E-state index in [4.69, 9.17) is 23.2 Å². The summed E-state index contributed by atoms with van der Waals surface area (Å²) in [4.78, 5) is 27.5. The van der Waals surface area contributed by atoms with Crippen molar-refractivity contribution in [2.24, 2.45) is 0 Å². The van der Waals surface area contributed by atoms with E-state index in [0.29, 0.717) is 28.6 Å². The van der Waals surface area contributed by atoms with Crippen molar-refractivity contribution in [3.8, 4) is 0 Å². The molecule has 1 amide bonds. The normalized spacial score (nSPS) is 20.4. The fraction of sp³-hybridized carbons (Fsp3) is 0.238. The lowest BCUT2D eigenvalue weighted by Crippen LogP contribution is -2.40. The van der Waals surface area contributed by atoms with E-state index < -0.39 is 0 Å². The maximum absolute atomic E-state index is 13.1. The fourth-order valence-electron chi connectivity index (χ4n) is 3.91. The van der Waals surface area contributed by atoms with E-state index in [2.05, 4.69) is 0 Å². The number of rotatable bonds is 2. The number of halogens is 2. The number of nitrogens with zero attached hydrogens (tertiary/aromatic N) is 1. The maximum atomic E-state index is 13.1. The molecule has 0 spiro atoms. The molecule has 1 unspecified atom stereocenters. The van der Waals surface area contributed by atoms with Crippen molar-refractivity contribution >= 4 is 40.6 Å². The second-order valence-electron chi connectivity index (χ2n) is 6.63. The lowest BCUT2D eigenvalue weighted by atomic mass is 9.77. The lowest BCUT2D eigenvalue weighted by Gasteiger charge is -2.38. The van der Waals surface area contributed by atoms with E-state index in [0.717, 1.165) is 23.3 Å². The molecule has 0 fully saturated rings. The predicted molar refractivity (Wildman–Crippen MR) is 104 cm³/mol. The first-order chi connectivity index (χ1) is 12.6. The SMILES string of the molecule is O=C1CCCC2=C1C(c1cccc(Cl)c1)CC(=O)N2c1ccccc1Cl. The highest BCUT2D eigenvalue weighted by Gasteiger charge is 2.40. The average Bonchev–Trinajstić information content (AvgIpc) is 2.62. The van der Waals surface area contributed by atoms with Crippen LogP contribution in [0.3, 0.4) is 0 Å². The largest absolute Gasteiger partial charge is 0.294 e. The van der Waals surface area contributed by atoms with Crippen LogP contribution in [-0.2, 0) is 9.59 Å². The number of ketones is 1. The summed E-state index contributed by atoms with van der Waals surface area (Å²) in [6.07, 6.45) is 2.18. The maximum Gasteiger partial charge on any atom is 0.232 e. The van der Waals surface area contributed by atoms with Gasteiger partial charge in [0.2, 0.25) is 5.91 Å². The van der Waals surface area contributed by atoms with Crippen LogP contribution < -0.4 is 4.90 Å². The second kappa shape index (κ2) is 6.90. The minimum absolute atomic E-state index is 0.0449. The zero-order valence-corrected chi connectivity index (χ0v) is 15.6. The van der Waals surface area contributed by atoms with Gasteiger partial charge in [-0.1, -0.05) is 47.5 Å². The van der Waals surface area contributed by atoms with Gasteiger partial charge in [0.1, 0.15) is 0 Å². The number of carbonyl (C=O) groups excluding carboxylic acids is 2. The van der Waals surface area contributed by atoms with Gasteiger partial charge in [-0.2, -0.15) is 0 Å². The molecule has 0 saturated carbocycles. The number of Topliss-reactive ketones (excluding diaryl/α,β-unsaturated/α-hetero) is 1. The van der Waals surface area contributed by atoms with Crippen LogP contribution in [-0.4, -0.2) is 11.7 Å². The second-order valence-corrected chi connectivity index (χ2v) is 7.47. The third kappa shape index (κ3) is 2.95. The Hall–Kier alpha value is -2.10. The summed E-state index contributed by atoms with van der Waals surface area (Å²) in [6.45, 7) is 0. The van der Waals surface area contributed by atoms with E-state index in [1.165, 1.54) is 0 Å². The molecule has 5 heteroatoms. The van der Waals surface area contributed by atoms with Gasteiger partial charge in [0.15, 0.2) is 5.78 Å². The van der Waals surface area contributed by atoms with Crippen molar-refractivity contribution in [3.63, 3.8) is 0 Å². The summed E-state index contributed by atoms with van der Waals surface area (Å²) in [5.41, 5.74) is 3.08. The first-order valence-corrected chi connectivity index (χ1v) is 9.41. The summed E-state index contributed by atoms with van der Waals surface area (Å²) in [6, 6.07) is 14.7. The molecule has 0 N–H and O–H groups in total. The number of carbonyl (C=O) groups is 2. The zero-order valence-electron chi connectivity index (χ0n) is 14.0. The third-order valence-corrected chi connectivity index (χ3v) is 5.57. The molecule has 4 rings (SSSR count). The molecular weight excluding hydrogens is 369 g/mol. The molecule has 2 aromatic carbocycles. The van der Waals surface area contributed by atoms with Gasteiger partial charge in [0, 0.05) is 35.1 Å². The first kappa shape index (κ1) is 17.3. The highest BCUT2D eigenvalue weighted by Crippen LogP contribution is 2.44. The standard InChI is InChI=1S/C21H17Cl2NO2/c22-14-6-3-5-13(11-14)15-12-20(26)24(17-8-2-1-7-16(17)23)18-9-4-10-19(25)21(15)18/h1-3,5-8,11,15H,4,9-10,12H2. The number of hydrogen-bond donors (Lipinski definition) is 0. The van der Waals surface area contributed by atoms with E-state index in [1.54, 1.807) is 17.0 Å². The van der Waals surface area contributed by atoms with Gasteiger partial charge in [-0.25, -0.2) is 0 Å². The van der Waals surface area contributed by atoms with Crippen molar-refractivity contribution in [2.45, 2.75) is 31.6 Å². The summed E-state index contributed by atoms with van der Waals surface area (Å²) >= 11 is 12.5. The van der Waals surface area contributed by atoms with Crippen molar-refractivity contribution in [1.29, 1.82) is 0 Å². The van der Waals surface area contributed by atoms with Crippen LogP contribution in [0.2, 0.25) is 10.0 Å². The fourth-order valence-corrected chi connectivity index (χ4v) is 4.33. The smallest absolute Gasteiger partial charge is 0.232 e. The highest BCUT2D eigenvalue weighted by molar-refractivity contribution is 6.34. The molecule has 2 aliphatic rings. The van der Waals surface area contributed by atoms with Crippen molar-refractivity contribution in [1.82, 2.24) is 0 Å². The minimum Gasteiger partial charge on any atom is -0.294 e.